The van der Waals surface area contributed by atoms with E-state index < -0.39 is 13.9 Å². The molecule has 0 fully saturated rings. The molecule has 2 rings (SSSR count). The highest BCUT2D eigenvalue weighted by Gasteiger charge is 2.41. The highest BCUT2D eigenvalue weighted by atomic mass is 79.9. The lowest BCUT2D eigenvalue weighted by atomic mass is 10.1. The molecule has 0 aromatic heterocycles. The largest absolute Gasteiger partial charge is 0.443 e. The van der Waals surface area contributed by atoms with Gasteiger partial charge in [0.25, 0.3) is 0 Å². The topological polar surface area (TPSA) is 38.8 Å². The number of anilines is 1. The maximum atomic E-state index is 12.9. The molecule has 0 radical (unpaired) electrons. The number of hydrogen-bond acceptors (Lipinski definition) is 3. The van der Waals surface area contributed by atoms with Crippen molar-refractivity contribution >= 4 is 36.0 Å². The lowest BCUT2D eigenvalue weighted by Gasteiger charge is -2.38. The van der Waals surface area contributed by atoms with Crippen LogP contribution in [0, 0.1) is 0 Å². The first-order chi connectivity index (χ1) is 11.7. The van der Waals surface area contributed by atoms with Gasteiger partial charge in [-0.2, -0.15) is 0 Å². The van der Waals surface area contributed by atoms with Gasteiger partial charge in [0.1, 0.15) is 5.60 Å². The number of fused-ring (bicyclic) bond motifs is 1. The zero-order valence-electron chi connectivity index (χ0n) is 17.3. The molecule has 1 heterocycles. The van der Waals surface area contributed by atoms with Crippen molar-refractivity contribution in [3.8, 4) is 0 Å². The molecule has 1 aromatic rings. The first kappa shape index (κ1) is 21.4. The quantitative estimate of drug-likeness (QED) is 0.528. The molecule has 26 heavy (non-hydrogen) atoms. The van der Waals surface area contributed by atoms with Crippen molar-refractivity contribution in [3.05, 3.63) is 28.2 Å². The summed E-state index contributed by atoms with van der Waals surface area (Å²) in [6.45, 7) is 17.4. The van der Waals surface area contributed by atoms with E-state index in [1.165, 1.54) is 0 Å². The number of hydrogen-bond donors (Lipinski definition) is 0. The fourth-order valence-electron chi connectivity index (χ4n) is 2.71. The lowest BCUT2D eigenvalue weighted by Crippen LogP contribution is -2.48. The zero-order chi connectivity index (χ0) is 19.9. The molecule has 1 aliphatic heterocycles. The third kappa shape index (κ3) is 4.70. The standard InChI is InChI=1S/C20H32BrNO3Si/c1-19(2,3)25-18(23)22-14(13-24-26(7,8)20(4,5)6)12-15-16(21)10-9-11-17(15)22/h9-11,14H,12-13H2,1-8H3/t14-/m1/s1. The van der Waals surface area contributed by atoms with Crippen LogP contribution in [0.1, 0.15) is 47.1 Å². The number of amides is 1. The summed E-state index contributed by atoms with van der Waals surface area (Å²) in [6.07, 6.45) is 0.461. The normalized spacial score (nSPS) is 18.0. The molecular formula is C20H32BrNO3Si. The average Bonchev–Trinajstić information content (AvgIpc) is 2.82. The Hall–Kier alpha value is -0.853. The second-order valence-corrected chi connectivity index (χ2v) is 15.2. The predicted octanol–water partition coefficient (Wildman–Crippen LogP) is 6.14. The molecule has 0 saturated heterocycles. The second kappa shape index (κ2) is 7.28. The molecule has 0 bridgehead atoms. The van der Waals surface area contributed by atoms with E-state index in [0.29, 0.717) is 6.61 Å². The van der Waals surface area contributed by atoms with Crippen LogP contribution in [0.2, 0.25) is 18.1 Å². The van der Waals surface area contributed by atoms with Crippen LogP contribution in [-0.2, 0) is 15.6 Å². The molecule has 0 saturated carbocycles. The predicted molar refractivity (Wildman–Crippen MR) is 113 cm³/mol. The minimum absolute atomic E-state index is 0.0484. The van der Waals surface area contributed by atoms with Crippen LogP contribution >= 0.6 is 15.9 Å². The van der Waals surface area contributed by atoms with Crippen LogP contribution in [0.25, 0.3) is 0 Å². The SMILES string of the molecule is CC(C)(C)OC(=O)N1c2cccc(Br)c2C[C@@H]1CO[Si](C)(C)C(C)(C)C. The minimum Gasteiger partial charge on any atom is -0.443 e. The molecule has 1 atom stereocenters. The second-order valence-electron chi connectivity index (χ2n) is 9.52. The number of nitrogens with zero attached hydrogens (tertiary/aromatic N) is 1. The van der Waals surface area contributed by atoms with Gasteiger partial charge in [-0.1, -0.05) is 42.8 Å². The van der Waals surface area contributed by atoms with Crippen molar-refractivity contribution in [1.82, 2.24) is 0 Å². The zero-order valence-corrected chi connectivity index (χ0v) is 19.9. The van der Waals surface area contributed by atoms with Gasteiger partial charge in [0, 0.05) is 4.47 Å². The van der Waals surface area contributed by atoms with E-state index in [2.05, 4.69) is 49.8 Å². The lowest BCUT2D eigenvalue weighted by molar-refractivity contribution is 0.0558. The summed E-state index contributed by atoms with van der Waals surface area (Å²) in [5.74, 6) is 0. The fourth-order valence-corrected chi connectivity index (χ4v) is 4.27. The van der Waals surface area contributed by atoms with Gasteiger partial charge in [-0.05, 0) is 63.0 Å². The molecule has 0 spiro atoms. The first-order valence-electron chi connectivity index (χ1n) is 9.16. The molecule has 6 heteroatoms. The third-order valence-electron chi connectivity index (χ3n) is 5.19. The van der Waals surface area contributed by atoms with E-state index in [1.54, 1.807) is 4.90 Å². The van der Waals surface area contributed by atoms with Crippen LogP contribution in [-0.4, -0.2) is 32.7 Å². The Morgan fingerprint density at radius 2 is 1.85 bits per heavy atom. The van der Waals surface area contributed by atoms with E-state index in [9.17, 15) is 4.79 Å². The van der Waals surface area contributed by atoms with E-state index in [1.807, 2.05) is 39.0 Å². The average molecular weight is 442 g/mol. The highest BCUT2D eigenvalue weighted by molar-refractivity contribution is 9.10. The summed E-state index contributed by atoms with van der Waals surface area (Å²) in [5, 5.41) is 0.135. The van der Waals surface area contributed by atoms with E-state index in [-0.39, 0.29) is 17.2 Å². The van der Waals surface area contributed by atoms with Crippen LogP contribution in [0.3, 0.4) is 0 Å². The van der Waals surface area contributed by atoms with Crippen LogP contribution < -0.4 is 4.90 Å². The van der Waals surface area contributed by atoms with E-state index >= 15 is 0 Å². The van der Waals surface area contributed by atoms with Crippen molar-refractivity contribution in [2.45, 2.75) is 77.7 Å². The number of rotatable bonds is 3. The molecule has 1 aromatic carbocycles. The number of halogens is 1. The molecule has 146 valence electrons. The Bertz CT molecular complexity index is 677. The summed E-state index contributed by atoms with van der Waals surface area (Å²) in [5.41, 5.74) is 1.52. The van der Waals surface area contributed by atoms with Crippen LogP contribution in [0.15, 0.2) is 22.7 Å². The van der Waals surface area contributed by atoms with Crippen molar-refractivity contribution in [1.29, 1.82) is 0 Å². The minimum atomic E-state index is -1.89. The Kier molecular flexibility index (Phi) is 6.01. The fraction of sp³-hybridized carbons (Fsp3) is 0.650. The van der Waals surface area contributed by atoms with Crippen molar-refractivity contribution in [2.75, 3.05) is 11.5 Å². The maximum absolute atomic E-state index is 12.9. The molecule has 1 aliphatic rings. The molecule has 4 nitrogen and oxygen atoms in total. The highest BCUT2D eigenvalue weighted by Crippen LogP contribution is 2.40. The maximum Gasteiger partial charge on any atom is 0.415 e. The Balaban J connectivity index is 2.27. The molecule has 0 aliphatic carbocycles. The summed E-state index contributed by atoms with van der Waals surface area (Å²) < 4.78 is 13.1. The van der Waals surface area contributed by atoms with Crippen LogP contribution in [0.5, 0.6) is 0 Å². The van der Waals surface area contributed by atoms with E-state index in [4.69, 9.17) is 9.16 Å². The van der Waals surface area contributed by atoms with Gasteiger partial charge in [-0.3, -0.25) is 4.90 Å². The van der Waals surface area contributed by atoms with E-state index in [0.717, 1.165) is 22.1 Å². The molecule has 1 amide bonds. The van der Waals surface area contributed by atoms with Gasteiger partial charge in [0.2, 0.25) is 0 Å². The van der Waals surface area contributed by atoms with Gasteiger partial charge in [-0.25, -0.2) is 4.79 Å². The van der Waals surface area contributed by atoms with Gasteiger partial charge in [-0.15, -0.1) is 0 Å². The molecule has 0 N–H and O–H groups in total. The third-order valence-corrected chi connectivity index (χ3v) is 10.4. The summed E-state index contributed by atoms with van der Waals surface area (Å²) in [4.78, 5) is 14.7. The van der Waals surface area contributed by atoms with Gasteiger partial charge in [0.15, 0.2) is 8.32 Å². The number of carbonyl (C=O) groups excluding carboxylic acids is 1. The van der Waals surface area contributed by atoms with Gasteiger partial charge < -0.3 is 9.16 Å². The van der Waals surface area contributed by atoms with Crippen molar-refractivity contribution in [3.63, 3.8) is 0 Å². The Morgan fingerprint density at radius 1 is 1.23 bits per heavy atom. The van der Waals surface area contributed by atoms with Crippen molar-refractivity contribution < 1.29 is 14.0 Å². The number of benzene rings is 1. The first-order valence-corrected chi connectivity index (χ1v) is 12.9. The summed E-state index contributed by atoms with van der Waals surface area (Å²) in [7, 11) is -1.89. The molecule has 0 unspecified atom stereocenters. The van der Waals surface area contributed by atoms with Gasteiger partial charge >= 0.3 is 6.09 Å². The Morgan fingerprint density at radius 3 is 2.38 bits per heavy atom. The van der Waals surface area contributed by atoms with Crippen LogP contribution in [0.4, 0.5) is 10.5 Å². The monoisotopic (exact) mass is 441 g/mol. The summed E-state index contributed by atoms with van der Waals surface area (Å²) >= 11 is 3.62. The van der Waals surface area contributed by atoms with Gasteiger partial charge in [0.05, 0.1) is 18.3 Å². The number of carbonyl (C=O) groups is 1. The Labute approximate surface area is 167 Å². The molecular weight excluding hydrogens is 410 g/mol. The van der Waals surface area contributed by atoms with Crippen molar-refractivity contribution in [2.24, 2.45) is 0 Å². The summed E-state index contributed by atoms with van der Waals surface area (Å²) in [6, 6.07) is 5.91. The number of ether oxygens (including phenoxy) is 1. The smallest absolute Gasteiger partial charge is 0.415 e.